The maximum atomic E-state index is 9.79. The summed E-state index contributed by atoms with van der Waals surface area (Å²) in [6.45, 7) is 0. The molecule has 0 saturated carbocycles. The zero-order chi connectivity index (χ0) is 11.3. The highest BCUT2D eigenvalue weighted by Gasteiger charge is 2.17. The summed E-state index contributed by atoms with van der Waals surface area (Å²) in [4.78, 5) is 0. The largest absolute Gasteiger partial charge is 0.390 e. The van der Waals surface area contributed by atoms with Gasteiger partial charge in [0.15, 0.2) is 0 Å². The Kier molecular flexibility index (Phi) is 4.70. The van der Waals surface area contributed by atoms with Crippen molar-refractivity contribution < 1.29 is 10.2 Å². The van der Waals surface area contributed by atoms with Gasteiger partial charge >= 0.3 is 0 Å². The summed E-state index contributed by atoms with van der Waals surface area (Å²) in [5, 5.41) is 19.4. The van der Waals surface area contributed by atoms with Gasteiger partial charge in [0.2, 0.25) is 0 Å². The van der Waals surface area contributed by atoms with Gasteiger partial charge in [0.25, 0.3) is 0 Å². The van der Waals surface area contributed by atoms with Crippen molar-refractivity contribution >= 4 is 12.6 Å². The summed E-state index contributed by atoms with van der Waals surface area (Å²) < 4.78 is 0. The van der Waals surface area contributed by atoms with E-state index in [4.69, 9.17) is 6.42 Å². The van der Waals surface area contributed by atoms with Crippen LogP contribution >= 0.6 is 12.6 Å². The van der Waals surface area contributed by atoms with Crippen molar-refractivity contribution in [3.05, 3.63) is 35.4 Å². The molecule has 0 fully saturated rings. The van der Waals surface area contributed by atoms with Crippen molar-refractivity contribution in [2.75, 3.05) is 5.75 Å². The van der Waals surface area contributed by atoms with Crippen LogP contribution in [0.15, 0.2) is 24.3 Å². The van der Waals surface area contributed by atoms with Crippen molar-refractivity contribution in [3.8, 4) is 12.3 Å². The van der Waals surface area contributed by atoms with E-state index in [0.717, 1.165) is 0 Å². The number of benzene rings is 1. The molecule has 2 nitrogen and oxygen atoms in total. The van der Waals surface area contributed by atoms with Gasteiger partial charge in [-0.1, -0.05) is 18.1 Å². The van der Waals surface area contributed by atoms with Crippen LogP contribution in [0.3, 0.4) is 0 Å². The van der Waals surface area contributed by atoms with E-state index in [2.05, 4.69) is 18.5 Å². The van der Waals surface area contributed by atoms with Crippen LogP contribution in [-0.4, -0.2) is 22.1 Å². The smallest absolute Gasteiger partial charge is 0.105 e. The number of aliphatic hydroxyl groups excluding tert-OH is 2. The van der Waals surface area contributed by atoms with Crippen LogP contribution in [0.2, 0.25) is 0 Å². The van der Waals surface area contributed by atoms with Crippen LogP contribution in [0.25, 0.3) is 0 Å². The summed E-state index contributed by atoms with van der Waals surface area (Å²) in [5.41, 5.74) is 1.34. The van der Waals surface area contributed by atoms with Gasteiger partial charge < -0.3 is 10.2 Å². The Hall–Kier alpha value is -0.950. The molecule has 0 heterocycles. The molecular weight excluding hydrogens is 208 g/mol. The normalized spacial score (nSPS) is 14.3. The third kappa shape index (κ3) is 3.28. The molecule has 0 spiro atoms. The van der Waals surface area contributed by atoms with E-state index in [1.165, 1.54) is 0 Å². The number of thiol groups is 1. The Bertz CT molecular complexity index is 357. The topological polar surface area (TPSA) is 40.5 Å². The maximum Gasteiger partial charge on any atom is 0.105 e. The van der Waals surface area contributed by atoms with Crippen molar-refractivity contribution in [2.45, 2.75) is 18.6 Å². The molecule has 2 unspecified atom stereocenters. The molecule has 0 aliphatic heterocycles. The molecule has 0 aromatic heterocycles. The quantitative estimate of drug-likeness (QED) is 0.532. The monoisotopic (exact) mass is 222 g/mol. The number of terminal acetylenes is 1. The average molecular weight is 222 g/mol. The molecule has 2 N–H and O–H groups in total. The minimum absolute atomic E-state index is 0.449. The van der Waals surface area contributed by atoms with E-state index < -0.39 is 12.2 Å². The number of hydrogen-bond acceptors (Lipinski definition) is 3. The Morgan fingerprint density at radius 3 is 2.73 bits per heavy atom. The first-order valence-corrected chi connectivity index (χ1v) is 5.36. The van der Waals surface area contributed by atoms with Gasteiger partial charge in [0, 0.05) is 5.56 Å². The van der Waals surface area contributed by atoms with Gasteiger partial charge in [0.05, 0.1) is 6.10 Å². The van der Waals surface area contributed by atoms with Crippen molar-refractivity contribution in [1.29, 1.82) is 0 Å². The lowest BCUT2D eigenvalue weighted by Crippen LogP contribution is -2.18. The fourth-order valence-corrected chi connectivity index (χ4v) is 1.59. The van der Waals surface area contributed by atoms with E-state index in [-0.39, 0.29) is 0 Å². The van der Waals surface area contributed by atoms with E-state index in [0.29, 0.717) is 23.3 Å². The molecule has 0 bridgehead atoms. The van der Waals surface area contributed by atoms with E-state index in [1.54, 1.807) is 24.3 Å². The van der Waals surface area contributed by atoms with E-state index in [1.807, 2.05) is 0 Å². The summed E-state index contributed by atoms with van der Waals surface area (Å²) in [6.07, 6.45) is 4.00. The lowest BCUT2D eigenvalue weighted by molar-refractivity contribution is 0.0172. The number of rotatable bonds is 4. The van der Waals surface area contributed by atoms with Crippen LogP contribution in [0.5, 0.6) is 0 Å². The Balaban J connectivity index is 2.82. The van der Waals surface area contributed by atoms with Crippen LogP contribution in [-0.2, 0) is 0 Å². The first-order valence-electron chi connectivity index (χ1n) is 4.72. The van der Waals surface area contributed by atoms with Gasteiger partial charge in [-0.3, -0.25) is 0 Å². The van der Waals surface area contributed by atoms with Crippen LogP contribution in [0.4, 0.5) is 0 Å². The van der Waals surface area contributed by atoms with Crippen LogP contribution in [0, 0.1) is 12.3 Å². The van der Waals surface area contributed by atoms with Gasteiger partial charge in [-0.25, -0.2) is 0 Å². The minimum Gasteiger partial charge on any atom is -0.390 e. The van der Waals surface area contributed by atoms with E-state index >= 15 is 0 Å². The lowest BCUT2D eigenvalue weighted by Gasteiger charge is -2.17. The molecule has 1 rings (SSSR count). The molecule has 0 radical (unpaired) electrons. The van der Waals surface area contributed by atoms with Crippen molar-refractivity contribution in [3.63, 3.8) is 0 Å². The second-order valence-electron chi connectivity index (χ2n) is 3.29. The molecule has 2 atom stereocenters. The zero-order valence-corrected chi connectivity index (χ0v) is 9.19. The first kappa shape index (κ1) is 12.1. The number of aliphatic hydroxyl groups is 2. The van der Waals surface area contributed by atoms with E-state index in [9.17, 15) is 10.2 Å². The highest BCUT2D eigenvalue weighted by molar-refractivity contribution is 7.80. The summed E-state index contributed by atoms with van der Waals surface area (Å²) >= 11 is 4.00. The standard InChI is InChI=1S/C12H14O2S/c1-2-9-4-3-5-10(8-9)12(14)11(13)6-7-15/h1,3-5,8,11-15H,6-7H2. The second kappa shape index (κ2) is 5.82. The molecule has 80 valence electrons. The van der Waals surface area contributed by atoms with Crippen molar-refractivity contribution in [1.82, 2.24) is 0 Å². The summed E-state index contributed by atoms with van der Waals surface area (Å²) in [5.74, 6) is 3.02. The highest BCUT2D eigenvalue weighted by Crippen LogP contribution is 2.19. The molecular formula is C12H14O2S. The second-order valence-corrected chi connectivity index (χ2v) is 3.74. The predicted molar refractivity (Wildman–Crippen MR) is 63.8 cm³/mol. The first-order chi connectivity index (χ1) is 7.19. The highest BCUT2D eigenvalue weighted by atomic mass is 32.1. The summed E-state index contributed by atoms with van der Waals surface area (Å²) in [7, 11) is 0. The Labute approximate surface area is 95.4 Å². The minimum atomic E-state index is -0.898. The fourth-order valence-electron chi connectivity index (χ4n) is 1.32. The molecule has 0 amide bonds. The average Bonchev–Trinajstić information content (AvgIpc) is 2.28. The molecule has 0 aliphatic carbocycles. The lowest BCUT2D eigenvalue weighted by atomic mass is 10.0. The molecule has 0 saturated heterocycles. The van der Waals surface area contributed by atoms with Gasteiger partial charge in [-0.15, -0.1) is 6.42 Å². The molecule has 0 aliphatic rings. The van der Waals surface area contributed by atoms with Crippen LogP contribution in [0.1, 0.15) is 23.7 Å². The fraction of sp³-hybridized carbons (Fsp3) is 0.333. The molecule has 3 heteroatoms. The Morgan fingerprint density at radius 2 is 2.13 bits per heavy atom. The summed E-state index contributed by atoms with van der Waals surface area (Å²) in [6, 6.07) is 6.99. The van der Waals surface area contributed by atoms with Gasteiger partial charge in [-0.2, -0.15) is 12.6 Å². The SMILES string of the molecule is C#Cc1cccc(C(O)C(O)CCS)c1. The molecule has 1 aromatic rings. The van der Waals surface area contributed by atoms with Gasteiger partial charge in [0.1, 0.15) is 6.10 Å². The Morgan fingerprint density at radius 1 is 1.40 bits per heavy atom. The van der Waals surface area contributed by atoms with Crippen LogP contribution < -0.4 is 0 Å². The molecule has 15 heavy (non-hydrogen) atoms. The predicted octanol–water partition coefficient (Wildman–Crippen LogP) is 1.38. The molecule has 1 aromatic carbocycles. The number of hydrogen-bond donors (Lipinski definition) is 3. The third-order valence-corrected chi connectivity index (χ3v) is 2.44. The zero-order valence-electron chi connectivity index (χ0n) is 8.30. The third-order valence-electron chi connectivity index (χ3n) is 2.18. The van der Waals surface area contributed by atoms with Crippen molar-refractivity contribution in [2.24, 2.45) is 0 Å². The van der Waals surface area contributed by atoms with Gasteiger partial charge in [-0.05, 0) is 29.9 Å². The maximum absolute atomic E-state index is 9.79.